The summed E-state index contributed by atoms with van der Waals surface area (Å²) in [7, 11) is 0. The van der Waals surface area contributed by atoms with Gasteiger partial charge in [0.05, 0.1) is 11.0 Å². The minimum atomic E-state index is -0.469. The number of rotatable bonds is 5. The van der Waals surface area contributed by atoms with Gasteiger partial charge in [-0.05, 0) is 81.7 Å². The van der Waals surface area contributed by atoms with Gasteiger partial charge >= 0.3 is 6.09 Å². The van der Waals surface area contributed by atoms with Crippen molar-refractivity contribution >= 4 is 22.8 Å². The Bertz CT molecular complexity index is 1070. The lowest BCUT2D eigenvalue weighted by atomic mass is 9.81. The van der Waals surface area contributed by atoms with Gasteiger partial charge in [0.1, 0.15) is 5.60 Å². The molecule has 0 radical (unpaired) electrons. The quantitative estimate of drug-likeness (QED) is 0.533. The van der Waals surface area contributed by atoms with E-state index in [1.807, 2.05) is 26.8 Å². The lowest BCUT2D eigenvalue weighted by Gasteiger charge is -2.31. The predicted octanol–water partition coefficient (Wildman–Crippen LogP) is 5.79. The number of hydrogen-bond acceptors (Lipinski definition) is 5. The molecule has 0 bridgehead atoms. The van der Waals surface area contributed by atoms with Crippen LogP contribution in [0, 0.1) is 0 Å². The first kappa shape index (κ1) is 22.1. The van der Waals surface area contributed by atoms with E-state index in [1.165, 1.54) is 16.8 Å². The zero-order valence-corrected chi connectivity index (χ0v) is 19.1. The molecule has 1 fully saturated rings. The van der Waals surface area contributed by atoms with Crippen molar-refractivity contribution in [2.45, 2.75) is 70.6 Å². The van der Waals surface area contributed by atoms with Crippen LogP contribution in [-0.4, -0.2) is 27.7 Å². The van der Waals surface area contributed by atoms with Crippen LogP contribution in [-0.2, 0) is 11.3 Å². The van der Waals surface area contributed by atoms with Crippen LogP contribution in [0.5, 0.6) is 0 Å². The monoisotopic (exact) mass is 432 g/mol. The highest BCUT2D eigenvalue weighted by Crippen LogP contribution is 2.36. The number of nitrogens with zero attached hydrogens (tertiary/aromatic N) is 2. The van der Waals surface area contributed by atoms with Crippen LogP contribution in [0.3, 0.4) is 0 Å². The molecule has 168 valence electrons. The second kappa shape index (κ2) is 9.55. The van der Waals surface area contributed by atoms with Crippen molar-refractivity contribution in [3.63, 3.8) is 0 Å². The molecule has 1 aliphatic carbocycles. The Balaban J connectivity index is 1.36. The summed E-state index contributed by atoms with van der Waals surface area (Å²) in [5.41, 5.74) is 5.06. The second-order valence-electron chi connectivity index (χ2n) is 9.51. The Hall–Kier alpha value is -3.15. The van der Waals surface area contributed by atoms with Gasteiger partial charge < -0.3 is 15.4 Å². The van der Waals surface area contributed by atoms with E-state index in [-0.39, 0.29) is 12.1 Å². The molecule has 1 aliphatic rings. The summed E-state index contributed by atoms with van der Waals surface area (Å²) in [6.07, 6.45) is 7.14. The van der Waals surface area contributed by atoms with Gasteiger partial charge in [0.25, 0.3) is 0 Å². The van der Waals surface area contributed by atoms with Crippen molar-refractivity contribution in [1.82, 2.24) is 15.3 Å². The SMILES string of the molecule is CC(C)(C)OC(=O)NC1CCC(c2ccccc2NCc2ccc3nccnc3c2)CC1. The third-order valence-electron chi connectivity index (χ3n) is 5.87. The molecule has 0 saturated heterocycles. The lowest BCUT2D eigenvalue weighted by molar-refractivity contribution is 0.0491. The molecule has 2 aromatic carbocycles. The maximum atomic E-state index is 12.1. The molecule has 0 atom stereocenters. The fraction of sp³-hybridized carbons (Fsp3) is 0.423. The summed E-state index contributed by atoms with van der Waals surface area (Å²) in [5, 5.41) is 6.66. The van der Waals surface area contributed by atoms with Gasteiger partial charge in [-0.15, -0.1) is 0 Å². The molecule has 3 aromatic rings. The molecule has 32 heavy (non-hydrogen) atoms. The number of fused-ring (bicyclic) bond motifs is 1. The number of aromatic nitrogens is 2. The smallest absolute Gasteiger partial charge is 0.407 e. The summed E-state index contributed by atoms with van der Waals surface area (Å²) in [6, 6.07) is 14.9. The number of alkyl carbamates (subject to hydrolysis) is 1. The third-order valence-corrected chi connectivity index (χ3v) is 5.87. The van der Waals surface area contributed by atoms with Crippen molar-refractivity contribution in [1.29, 1.82) is 0 Å². The standard InChI is InChI=1S/C26H32N4O2/c1-26(2,3)32-25(31)30-20-11-9-19(10-12-20)21-6-4-5-7-22(21)29-17-18-8-13-23-24(16-18)28-15-14-27-23/h4-8,13-16,19-20,29H,9-12,17H2,1-3H3,(H,30,31). The molecule has 6 heteroatoms. The number of benzene rings is 2. The normalized spacial score (nSPS) is 18.8. The average molecular weight is 433 g/mol. The summed E-state index contributed by atoms with van der Waals surface area (Å²) < 4.78 is 5.40. The van der Waals surface area contributed by atoms with Crippen LogP contribution < -0.4 is 10.6 Å². The summed E-state index contributed by atoms with van der Waals surface area (Å²) >= 11 is 0. The molecule has 1 amide bonds. The topological polar surface area (TPSA) is 76.1 Å². The van der Waals surface area contributed by atoms with Gasteiger partial charge in [-0.2, -0.15) is 0 Å². The second-order valence-corrected chi connectivity index (χ2v) is 9.51. The van der Waals surface area contributed by atoms with E-state index < -0.39 is 5.60 Å². The van der Waals surface area contributed by atoms with Crippen molar-refractivity contribution in [2.24, 2.45) is 0 Å². The van der Waals surface area contributed by atoms with Gasteiger partial charge in [-0.25, -0.2) is 4.79 Å². The highest BCUT2D eigenvalue weighted by atomic mass is 16.6. The van der Waals surface area contributed by atoms with Crippen LogP contribution in [0.2, 0.25) is 0 Å². The average Bonchev–Trinajstić information content (AvgIpc) is 2.77. The Kier molecular flexibility index (Phi) is 6.58. The van der Waals surface area contributed by atoms with Crippen LogP contribution in [0.4, 0.5) is 10.5 Å². The van der Waals surface area contributed by atoms with Crippen molar-refractivity contribution < 1.29 is 9.53 Å². The molecule has 1 saturated carbocycles. The minimum Gasteiger partial charge on any atom is -0.444 e. The van der Waals surface area contributed by atoms with Gasteiger partial charge in [0, 0.05) is 30.7 Å². The van der Waals surface area contributed by atoms with Crippen LogP contribution in [0.15, 0.2) is 54.9 Å². The maximum absolute atomic E-state index is 12.1. The van der Waals surface area contributed by atoms with Crippen molar-refractivity contribution in [3.8, 4) is 0 Å². The zero-order chi connectivity index (χ0) is 22.6. The van der Waals surface area contributed by atoms with Crippen LogP contribution in [0.1, 0.15) is 63.5 Å². The molecule has 0 unspecified atom stereocenters. The maximum Gasteiger partial charge on any atom is 0.407 e. The third kappa shape index (κ3) is 5.75. The molecule has 2 N–H and O–H groups in total. The Morgan fingerprint density at radius 1 is 1.00 bits per heavy atom. The predicted molar refractivity (Wildman–Crippen MR) is 128 cm³/mol. The number of hydrogen-bond donors (Lipinski definition) is 2. The first-order valence-electron chi connectivity index (χ1n) is 11.4. The number of amides is 1. The summed E-state index contributed by atoms with van der Waals surface area (Å²) in [6.45, 7) is 6.40. The first-order chi connectivity index (χ1) is 15.4. The van der Waals surface area contributed by atoms with E-state index in [4.69, 9.17) is 4.74 Å². The lowest BCUT2D eigenvalue weighted by Crippen LogP contribution is -2.40. The minimum absolute atomic E-state index is 0.180. The van der Waals surface area contributed by atoms with Gasteiger partial charge in [-0.3, -0.25) is 9.97 Å². The van der Waals surface area contributed by atoms with Crippen molar-refractivity contribution in [3.05, 3.63) is 66.0 Å². The largest absolute Gasteiger partial charge is 0.444 e. The van der Waals surface area contributed by atoms with E-state index in [1.54, 1.807) is 12.4 Å². The fourth-order valence-corrected chi connectivity index (χ4v) is 4.35. The van der Waals surface area contributed by atoms with E-state index in [0.29, 0.717) is 5.92 Å². The molecule has 1 aromatic heterocycles. The van der Waals surface area contributed by atoms with Gasteiger partial charge in [-0.1, -0.05) is 24.3 Å². The number of carbonyl (C=O) groups is 1. The number of ether oxygens (including phenoxy) is 1. The molecule has 4 rings (SSSR count). The molecule has 0 spiro atoms. The Morgan fingerprint density at radius 3 is 2.47 bits per heavy atom. The summed E-state index contributed by atoms with van der Waals surface area (Å²) in [4.78, 5) is 20.8. The van der Waals surface area contributed by atoms with Gasteiger partial charge in [0.2, 0.25) is 0 Å². The van der Waals surface area contributed by atoms with E-state index in [9.17, 15) is 4.79 Å². The van der Waals surface area contributed by atoms with Crippen LogP contribution in [0.25, 0.3) is 11.0 Å². The molecule has 0 aliphatic heterocycles. The van der Waals surface area contributed by atoms with Crippen LogP contribution >= 0.6 is 0 Å². The summed E-state index contributed by atoms with van der Waals surface area (Å²) in [5.74, 6) is 0.484. The molecular weight excluding hydrogens is 400 g/mol. The molecule has 6 nitrogen and oxygen atoms in total. The number of para-hydroxylation sites is 1. The fourth-order valence-electron chi connectivity index (χ4n) is 4.35. The van der Waals surface area contributed by atoms with Crippen molar-refractivity contribution in [2.75, 3.05) is 5.32 Å². The Morgan fingerprint density at radius 2 is 1.72 bits per heavy atom. The van der Waals surface area contributed by atoms with E-state index in [0.717, 1.165) is 43.3 Å². The zero-order valence-electron chi connectivity index (χ0n) is 19.1. The highest BCUT2D eigenvalue weighted by Gasteiger charge is 2.26. The van der Waals surface area contributed by atoms with Gasteiger partial charge in [0.15, 0.2) is 0 Å². The Labute approximate surface area is 189 Å². The number of anilines is 1. The first-order valence-corrected chi connectivity index (χ1v) is 11.4. The highest BCUT2D eigenvalue weighted by molar-refractivity contribution is 5.74. The number of carbonyl (C=O) groups excluding carboxylic acids is 1. The molecular formula is C26H32N4O2. The van der Waals surface area contributed by atoms with E-state index >= 15 is 0 Å². The number of nitrogens with one attached hydrogen (secondary N) is 2. The van der Waals surface area contributed by atoms with E-state index in [2.05, 4.69) is 57.0 Å². The molecule has 1 heterocycles.